The molecule has 230 valence electrons. The van der Waals surface area contributed by atoms with Gasteiger partial charge < -0.3 is 60.5 Å². The normalized spacial score (nSPS) is 22.4. The first kappa shape index (κ1) is 28.6. The molecule has 0 saturated carbocycles. The van der Waals surface area contributed by atoms with Crippen molar-refractivity contribution in [2.75, 3.05) is 0 Å². The predicted molar refractivity (Wildman–Crippen MR) is 153 cm³/mol. The Morgan fingerprint density at radius 3 is 1.59 bits per heavy atom. The fourth-order valence-corrected chi connectivity index (χ4v) is 6.42. The van der Waals surface area contributed by atoms with Crippen molar-refractivity contribution in [3.8, 4) is 69.0 Å². The molecule has 0 aliphatic carbocycles. The van der Waals surface area contributed by atoms with Gasteiger partial charge in [-0.1, -0.05) is 13.8 Å². The summed E-state index contributed by atoms with van der Waals surface area (Å²) >= 11 is 0. The van der Waals surface area contributed by atoms with E-state index >= 15 is 0 Å². The lowest BCUT2D eigenvalue weighted by Gasteiger charge is -2.40. The fraction of sp³-hybridized carbons (Fsp3) is 0.250. The van der Waals surface area contributed by atoms with E-state index in [4.69, 9.17) is 9.47 Å². The standard InChI is InChI=1S/C32H30O12/c1-11-3-16-23(43-31(11)13-4-19(36)29(41)20(37)5-13)10-18(35)27(28(16)40)25-12(2)32(14-6-21(38)30(42)22(39)7-14)44-24-9-15(33)8-17(34)26(24)25/h4-12,25,31-42H,3H2,1-2H3/t11-,12-,25-,31+,32+/m1/s1. The smallest absolute Gasteiger partial charge is 0.200 e. The van der Waals surface area contributed by atoms with E-state index in [1.165, 1.54) is 36.4 Å². The molecule has 12 nitrogen and oxygen atoms in total. The van der Waals surface area contributed by atoms with Crippen LogP contribution in [-0.4, -0.2) is 51.1 Å². The minimum Gasteiger partial charge on any atom is -0.508 e. The van der Waals surface area contributed by atoms with Gasteiger partial charge in [-0.25, -0.2) is 0 Å². The van der Waals surface area contributed by atoms with Crippen molar-refractivity contribution in [3.63, 3.8) is 0 Å². The summed E-state index contributed by atoms with van der Waals surface area (Å²) in [6.07, 6.45) is -1.45. The van der Waals surface area contributed by atoms with Crippen molar-refractivity contribution in [1.82, 2.24) is 0 Å². The molecule has 0 unspecified atom stereocenters. The van der Waals surface area contributed by atoms with Crippen molar-refractivity contribution in [3.05, 3.63) is 70.3 Å². The molecule has 4 aromatic carbocycles. The Morgan fingerprint density at radius 1 is 0.523 bits per heavy atom. The summed E-state index contributed by atoms with van der Waals surface area (Å²) in [4.78, 5) is 0. The third kappa shape index (κ3) is 4.37. The van der Waals surface area contributed by atoms with Gasteiger partial charge in [0.2, 0.25) is 0 Å². The number of rotatable bonds is 3. The summed E-state index contributed by atoms with van der Waals surface area (Å²) in [5.41, 5.74) is 1.15. The van der Waals surface area contributed by atoms with Gasteiger partial charge in [0.25, 0.3) is 0 Å². The fourth-order valence-electron chi connectivity index (χ4n) is 6.42. The summed E-state index contributed by atoms with van der Waals surface area (Å²) in [7, 11) is 0. The van der Waals surface area contributed by atoms with Crippen LogP contribution < -0.4 is 9.47 Å². The third-order valence-electron chi connectivity index (χ3n) is 8.50. The SMILES string of the molecule is C[C@@H]1[C@@H](c2c(O)cc3c(c2O)C[C@@H](C)[C@@H](c2cc(O)c(O)c(O)c2)O3)c2c(O)cc(O)cc2O[C@@H]1c1cc(O)c(O)c(O)c1. The van der Waals surface area contributed by atoms with Gasteiger partial charge in [-0.2, -0.15) is 0 Å². The van der Waals surface area contributed by atoms with Gasteiger partial charge in [0.15, 0.2) is 34.5 Å². The first-order chi connectivity index (χ1) is 20.8. The molecule has 0 spiro atoms. The number of hydrogen-bond donors (Lipinski definition) is 10. The van der Waals surface area contributed by atoms with Crippen LogP contribution in [0.3, 0.4) is 0 Å². The zero-order chi connectivity index (χ0) is 31.8. The maximum atomic E-state index is 11.7. The number of phenolic OH excluding ortho intramolecular Hbond substituents is 10. The molecule has 2 heterocycles. The molecular weight excluding hydrogens is 576 g/mol. The third-order valence-corrected chi connectivity index (χ3v) is 8.50. The van der Waals surface area contributed by atoms with Crippen LogP contribution in [0.4, 0.5) is 0 Å². The lowest BCUT2D eigenvalue weighted by molar-refractivity contribution is 0.106. The van der Waals surface area contributed by atoms with E-state index in [1.54, 1.807) is 6.92 Å². The molecule has 44 heavy (non-hydrogen) atoms. The van der Waals surface area contributed by atoms with Crippen LogP contribution in [0.15, 0.2) is 42.5 Å². The van der Waals surface area contributed by atoms with Gasteiger partial charge in [0.05, 0.1) is 0 Å². The molecule has 2 aliphatic heterocycles. The molecule has 12 heteroatoms. The van der Waals surface area contributed by atoms with Crippen LogP contribution in [0.1, 0.15) is 59.8 Å². The average Bonchev–Trinajstić information content (AvgIpc) is 2.95. The Hall–Kier alpha value is -5.52. The molecule has 10 N–H and O–H groups in total. The molecule has 0 aromatic heterocycles. The summed E-state index contributed by atoms with van der Waals surface area (Å²) in [5.74, 6) is -6.86. The van der Waals surface area contributed by atoms with Crippen molar-refractivity contribution in [2.45, 2.75) is 38.4 Å². The maximum Gasteiger partial charge on any atom is 0.200 e. The first-order valence-corrected chi connectivity index (χ1v) is 13.7. The number of benzene rings is 4. The molecule has 6 rings (SSSR count). The number of aromatic hydroxyl groups is 10. The number of hydrogen-bond acceptors (Lipinski definition) is 12. The monoisotopic (exact) mass is 606 g/mol. The van der Waals surface area contributed by atoms with Crippen molar-refractivity contribution in [1.29, 1.82) is 0 Å². The minimum absolute atomic E-state index is 0.0239. The molecular formula is C32H30O12. The van der Waals surface area contributed by atoms with Gasteiger partial charge in [-0.15, -0.1) is 0 Å². The second-order valence-corrected chi connectivity index (χ2v) is 11.4. The lowest BCUT2D eigenvalue weighted by atomic mass is 9.73. The summed E-state index contributed by atoms with van der Waals surface area (Å²) in [6.45, 7) is 3.53. The van der Waals surface area contributed by atoms with E-state index in [1.807, 2.05) is 6.92 Å². The molecule has 0 amide bonds. The maximum absolute atomic E-state index is 11.7. The van der Waals surface area contributed by atoms with E-state index < -0.39 is 64.3 Å². The lowest BCUT2D eigenvalue weighted by Crippen LogP contribution is -2.29. The Morgan fingerprint density at radius 2 is 1.02 bits per heavy atom. The highest BCUT2D eigenvalue weighted by Crippen LogP contribution is 2.59. The average molecular weight is 607 g/mol. The molecule has 0 radical (unpaired) electrons. The Balaban J connectivity index is 1.48. The van der Waals surface area contributed by atoms with Crippen molar-refractivity contribution in [2.24, 2.45) is 11.8 Å². The van der Waals surface area contributed by atoms with Gasteiger partial charge >= 0.3 is 0 Å². The number of ether oxygens (including phenoxy) is 2. The zero-order valence-electron chi connectivity index (χ0n) is 23.4. The first-order valence-electron chi connectivity index (χ1n) is 13.7. The van der Waals surface area contributed by atoms with Crippen molar-refractivity contribution < 1.29 is 60.5 Å². The van der Waals surface area contributed by atoms with Crippen LogP contribution in [0.5, 0.6) is 69.0 Å². The Labute approximate surface area is 250 Å². The van der Waals surface area contributed by atoms with Crippen LogP contribution in [-0.2, 0) is 6.42 Å². The molecule has 0 saturated heterocycles. The minimum atomic E-state index is -0.963. The molecule has 0 bridgehead atoms. The molecule has 4 aromatic rings. The number of phenols is 10. The molecule has 5 atom stereocenters. The highest BCUT2D eigenvalue weighted by atomic mass is 16.5. The summed E-state index contributed by atoms with van der Waals surface area (Å²) < 4.78 is 12.3. The second kappa shape index (κ2) is 10.0. The van der Waals surface area contributed by atoms with E-state index in [0.717, 1.165) is 6.07 Å². The van der Waals surface area contributed by atoms with E-state index in [-0.39, 0.29) is 57.8 Å². The van der Waals surface area contributed by atoms with Crippen LogP contribution in [0.25, 0.3) is 0 Å². The highest BCUT2D eigenvalue weighted by Gasteiger charge is 2.44. The van der Waals surface area contributed by atoms with Gasteiger partial charge in [0.1, 0.15) is 46.7 Å². The largest absolute Gasteiger partial charge is 0.508 e. The summed E-state index contributed by atoms with van der Waals surface area (Å²) in [6, 6.07) is 8.58. The molecule has 0 fully saturated rings. The van der Waals surface area contributed by atoms with Crippen LogP contribution >= 0.6 is 0 Å². The predicted octanol–water partition coefficient (Wildman–Crippen LogP) is 4.96. The van der Waals surface area contributed by atoms with Crippen molar-refractivity contribution >= 4 is 0 Å². The van der Waals surface area contributed by atoms with Crippen LogP contribution in [0, 0.1) is 11.8 Å². The van der Waals surface area contributed by atoms with Gasteiger partial charge in [-0.3, -0.25) is 0 Å². The number of fused-ring (bicyclic) bond motifs is 2. The second-order valence-electron chi connectivity index (χ2n) is 11.4. The Bertz CT molecular complexity index is 1770. The van der Waals surface area contributed by atoms with E-state index in [0.29, 0.717) is 11.1 Å². The quantitative estimate of drug-likeness (QED) is 0.140. The summed E-state index contributed by atoms with van der Waals surface area (Å²) in [5, 5.41) is 104. The van der Waals surface area contributed by atoms with E-state index in [9.17, 15) is 51.1 Å². The topological polar surface area (TPSA) is 221 Å². The van der Waals surface area contributed by atoms with Gasteiger partial charge in [0, 0.05) is 63.8 Å². The van der Waals surface area contributed by atoms with Gasteiger partial charge in [-0.05, 0) is 30.7 Å². The van der Waals surface area contributed by atoms with E-state index in [2.05, 4.69) is 0 Å². The molecule has 2 aliphatic rings. The Kier molecular flexibility index (Phi) is 6.52. The van der Waals surface area contributed by atoms with Crippen LogP contribution in [0.2, 0.25) is 0 Å². The highest BCUT2D eigenvalue weighted by molar-refractivity contribution is 5.65. The zero-order valence-corrected chi connectivity index (χ0v) is 23.4.